The van der Waals surface area contributed by atoms with Crippen LogP contribution in [0.2, 0.25) is 0 Å². The van der Waals surface area contributed by atoms with E-state index < -0.39 is 11.9 Å². The van der Waals surface area contributed by atoms with Gasteiger partial charge in [0.25, 0.3) is 0 Å². The number of nitriles is 1. The van der Waals surface area contributed by atoms with Crippen molar-refractivity contribution in [1.82, 2.24) is 5.32 Å². The third-order valence-corrected chi connectivity index (χ3v) is 7.34. The van der Waals surface area contributed by atoms with E-state index in [2.05, 4.69) is 16.7 Å². The smallest absolute Gasteiger partial charge is 0.337 e. The number of fused-ring (bicyclic) bond motifs is 1. The molecule has 0 saturated carbocycles. The van der Waals surface area contributed by atoms with Crippen LogP contribution in [0.25, 0.3) is 10.8 Å². The quantitative estimate of drug-likeness (QED) is 0.257. The summed E-state index contributed by atoms with van der Waals surface area (Å²) in [6.07, 6.45) is 1.50. The van der Waals surface area contributed by atoms with Gasteiger partial charge in [0.15, 0.2) is 0 Å². The van der Waals surface area contributed by atoms with E-state index in [4.69, 9.17) is 9.15 Å². The molecule has 0 unspecified atom stereocenters. The lowest BCUT2D eigenvalue weighted by molar-refractivity contribution is -0.140. The summed E-state index contributed by atoms with van der Waals surface area (Å²) in [6.45, 7) is 1.85. The van der Waals surface area contributed by atoms with E-state index in [9.17, 15) is 14.9 Å². The number of carbonyl (C=O) groups excluding carboxylic acids is 2. The van der Waals surface area contributed by atoms with E-state index in [0.29, 0.717) is 22.1 Å². The van der Waals surface area contributed by atoms with Crippen LogP contribution in [0.15, 0.2) is 117 Å². The number of hydrogen-bond donors (Lipinski definition) is 2. The van der Waals surface area contributed by atoms with E-state index in [1.54, 1.807) is 19.1 Å². The third-order valence-electron chi connectivity index (χ3n) is 6.32. The lowest BCUT2D eigenvalue weighted by Gasteiger charge is -2.28. The number of anilines is 1. The van der Waals surface area contributed by atoms with Crippen LogP contribution in [-0.4, -0.2) is 17.6 Å². The first-order valence-corrected chi connectivity index (χ1v) is 13.3. The molecule has 0 aliphatic carbocycles. The highest BCUT2D eigenvalue weighted by atomic mass is 32.2. The Bertz CT molecular complexity index is 1610. The van der Waals surface area contributed by atoms with Crippen molar-refractivity contribution >= 4 is 40.1 Å². The number of amides is 1. The minimum Gasteiger partial charge on any atom is -0.468 e. The van der Waals surface area contributed by atoms with Crippen LogP contribution in [0, 0.1) is 11.3 Å². The summed E-state index contributed by atoms with van der Waals surface area (Å²) < 4.78 is 11.3. The highest BCUT2D eigenvalue weighted by Crippen LogP contribution is 2.41. The molecule has 0 bridgehead atoms. The fourth-order valence-electron chi connectivity index (χ4n) is 4.50. The minimum absolute atomic E-state index is 0.0582. The van der Waals surface area contributed by atoms with Gasteiger partial charge >= 0.3 is 5.97 Å². The van der Waals surface area contributed by atoms with E-state index in [1.165, 1.54) is 18.0 Å². The molecule has 0 spiro atoms. The summed E-state index contributed by atoms with van der Waals surface area (Å²) in [5.74, 6) is -1.03. The number of hydrogen-bond acceptors (Lipinski definition) is 7. The molecule has 5 rings (SSSR count). The standard InChI is InChI=1S/C31H25N3O4S/c1-20-28(31(36)38-18-21-9-3-2-4-10-21)29(26-15-8-16-37-26)24(17-32)30(33-20)39-19-27(35)34-25-14-7-12-22-11-5-6-13-23(22)25/h2-16,29,33H,18-19H2,1H3,(H,34,35)/t29-/m1/s1. The average Bonchev–Trinajstić information content (AvgIpc) is 3.50. The molecular formula is C31H25N3O4S. The molecule has 0 saturated heterocycles. The van der Waals surface area contributed by atoms with Gasteiger partial charge in [0, 0.05) is 16.8 Å². The zero-order valence-corrected chi connectivity index (χ0v) is 22.0. The Morgan fingerprint density at radius 3 is 2.56 bits per heavy atom. The predicted molar refractivity (Wildman–Crippen MR) is 151 cm³/mol. The van der Waals surface area contributed by atoms with Gasteiger partial charge in [0.1, 0.15) is 12.4 Å². The second-order valence-corrected chi connectivity index (χ2v) is 9.88. The summed E-state index contributed by atoms with van der Waals surface area (Å²) in [5.41, 5.74) is 2.68. The second kappa shape index (κ2) is 11.8. The Morgan fingerprint density at radius 1 is 1.03 bits per heavy atom. The molecule has 4 aromatic rings. The Kier molecular flexibility index (Phi) is 7.80. The SMILES string of the molecule is CC1=C(C(=O)OCc2ccccc2)[C@@H](c2ccco2)C(C#N)=C(SCC(=O)Nc2cccc3ccccc23)N1. The molecule has 1 aliphatic rings. The van der Waals surface area contributed by atoms with Crippen molar-refractivity contribution < 1.29 is 18.7 Å². The summed E-state index contributed by atoms with van der Waals surface area (Å²) in [6, 6.07) is 28.6. The van der Waals surface area contributed by atoms with Gasteiger partial charge in [-0.1, -0.05) is 78.5 Å². The zero-order chi connectivity index (χ0) is 27.2. The van der Waals surface area contributed by atoms with Crippen molar-refractivity contribution in [2.24, 2.45) is 0 Å². The van der Waals surface area contributed by atoms with Crippen molar-refractivity contribution in [3.05, 3.63) is 124 Å². The first-order chi connectivity index (χ1) is 19.0. The highest BCUT2D eigenvalue weighted by Gasteiger charge is 2.37. The molecule has 0 radical (unpaired) electrons. The van der Waals surface area contributed by atoms with Gasteiger partial charge in [0.2, 0.25) is 5.91 Å². The minimum atomic E-state index is -0.766. The maximum atomic E-state index is 13.3. The topological polar surface area (TPSA) is 104 Å². The highest BCUT2D eigenvalue weighted by molar-refractivity contribution is 8.03. The predicted octanol–water partition coefficient (Wildman–Crippen LogP) is 6.24. The van der Waals surface area contributed by atoms with E-state index >= 15 is 0 Å². The largest absolute Gasteiger partial charge is 0.468 e. The molecule has 8 heteroatoms. The van der Waals surface area contributed by atoms with Crippen LogP contribution < -0.4 is 10.6 Å². The van der Waals surface area contributed by atoms with Crippen molar-refractivity contribution in [2.45, 2.75) is 19.4 Å². The first-order valence-electron chi connectivity index (χ1n) is 12.3. The average molecular weight is 536 g/mol. The van der Waals surface area contributed by atoms with Gasteiger partial charge in [-0.05, 0) is 36.1 Å². The number of esters is 1. The zero-order valence-electron chi connectivity index (χ0n) is 21.1. The molecular weight excluding hydrogens is 510 g/mol. The molecule has 1 aliphatic heterocycles. The Balaban J connectivity index is 1.35. The lowest BCUT2D eigenvalue weighted by atomic mass is 9.86. The van der Waals surface area contributed by atoms with Gasteiger partial charge < -0.3 is 19.8 Å². The Morgan fingerprint density at radius 2 is 1.79 bits per heavy atom. The van der Waals surface area contributed by atoms with Gasteiger partial charge in [-0.3, -0.25) is 4.79 Å². The molecule has 3 aromatic carbocycles. The molecule has 1 atom stereocenters. The number of furan rings is 1. The van der Waals surface area contributed by atoms with Crippen molar-refractivity contribution in [1.29, 1.82) is 5.26 Å². The second-order valence-electron chi connectivity index (χ2n) is 8.89. The maximum absolute atomic E-state index is 13.3. The monoisotopic (exact) mass is 535 g/mol. The van der Waals surface area contributed by atoms with E-state index in [-0.39, 0.29) is 23.8 Å². The van der Waals surface area contributed by atoms with Crippen LogP contribution in [0.4, 0.5) is 5.69 Å². The number of rotatable bonds is 8. The fourth-order valence-corrected chi connectivity index (χ4v) is 5.39. The summed E-state index contributed by atoms with van der Waals surface area (Å²) in [4.78, 5) is 26.2. The van der Waals surface area contributed by atoms with E-state index in [0.717, 1.165) is 22.0 Å². The van der Waals surface area contributed by atoms with Crippen LogP contribution in [0.3, 0.4) is 0 Å². The molecule has 7 nitrogen and oxygen atoms in total. The van der Waals surface area contributed by atoms with Crippen LogP contribution >= 0.6 is 11.8 Å². The molecule has 1 amide bonds. The number of carbonyl (C=O) groups is 2. The molecule has 0 fully saturated rings. The van der Waals surface area contributed by atoms with Gasteiger partial charge in [-0.15, -0.1) is 0 Å². The van der Waals surface area contributed by atoms with Gasteiger partial charge in [0.05, 0.1) is 40.2 Å². The van der Waals surface area contributed by atoms with E-state index in [1.807, 2.05) is 72.8 Å². The van der Waals surface area contributed by atoms with Crippen molar-refractivity contribution in [2.75, 3.05) is 11.1 Å². The van der Waals surface area contributed by atoms with Gasteiger partial charge in [-0.2, -0.15) is 5.26 Å². The first kappa shape index (κ1) is 25.9. The Hall–Kier alpha value is -4.74. The number of thioether (sulfide) groups is 1. The number of nitrogens with one attached hydrogen (secondary N) is 2. The molecule has 194 valence electrons. The molecule has 2 N–H and O–H groups in total. The summed E-state index contributed by atoms with van der Waals surface area (Å²) in [7, 11) is 0. The summed E-state index contributed by atoms with van der Waals surface area (Å²) in [5, 5.41) is 18.8. The third kappa shape index (κ3) is 5.74. The lowest BCUT2D eigenvalue weighted by Crippen LogP contribution is -2.29. The number of ether oxygens (including phenoxy) is 1. The summed E-state index contributed by atoms with van der Waals surface area (Å²) >= 11 is 1.20. The number of benzene rings is 3. The van der Waals surface area contributed by atoms with Gasteiger partial charge in [-0.25, -0.2) is 4.79 Å². The van der Waals surface area contributed by atoms with Crippen LogP contribution in [-0.2, 0) is 20.9 Å². The van der Waals surface area contributed by atoms with Crippen LogP contribution in [0.5, 0.6) is 0 Å². The molecule has 1 aromatic heterocycles. The normalized spacial score (nSPS) is 15.0. The fraction of sp³-hybridized carbons (Fsp3) is 0.129. The molecule has 2 heterocycles. The van der Waals surface area contributed by atoms with Crippen molar-refractivity contribution in [3.8, 4) is 6.07 Å². The number of allylic oxidation sites excluding steroid dienone is 2. The molecule has 39 heavy (non-hydrogen) atoms. The van der Waals surface area contributed by atoms with Crippen molar-refractivity contribution in [3.63, 3.8) is 0 Å². The maximum Gasteiger partial charge on any atom is 0.337 e. The number of dihydropyridines is 1. The Labute approximate surface area is 230 Å². The number of nitrogens with zero attached hydrogens (tertiary/aromatic N) is 1. The van der Waals surface area contributed by atoms with Crippen LogP contribution in [0.1, 0.15) is 24.2 Å².